The molecule has 1 amide bonds. The van der Waals surface area contributed by atoms with Gasteiger partial charge in [0.15, 0.2) is 0 Å². The number of rotatable bonds is 1. The summed E-state index contributed by atoms with van der Waals surface area (Å²) < 4.78 is 9.51. The zero-order valence-electron chi connectivity index (χ0n) is 11.0. The molecule has 18 heavy (non-hydrogen) atoms. The van der Waals surface area contributed by atoms with Gasteiger partial charge in [-0.15, -0.1) is 0 Å². The van der Waals surface area contributed by atoms with E-state index in [1.54, 1.807) is 20.8 Å². The van der Waals surface area contributed by atoms with Crippen molar-refractivity contribution in [3.63, 3.8) is 0 Å². The Bertz CT molecular complexity index is 350. The summed E-state index contributed by atoms with van der Waals surface area (Å²) in [6.45, 7) is 4.80. The number of aliphatic hydroxyl groups is 2. The molecule has 104 valence electrons. The topological polar surface area (TPSA) is 96.3 Å². The van der Waals surface area contributed by atoms with E-state index in [2.05, 4.69) is 4.74 Å². The second-order valence-electron chi connectivity index (χ2n) is 5.26. The van der Waals surface area contributed by atoms with E-state index in [9.17, 15) is 19.8 Å². The van der Waals surface area contributed by atoms with Crippen LogP contribution in [0.3, 0.4) is 0 Å². The molecule has 0 spiro atoms. The van der Waals surface area contributed by atoms with E-state index in [0.717, 1.165) is 12.0 Å². The molecular formula is C11H19NO6. The Morgan fingerprint density at radius 3 is 2.39 bits per heavy atom. The molecule has 0 radical (unpaired) electrons. The van der Waals surface area contributed by atoms with Crippen LogP contribution >= 0.6 is 0 Å². The standard InChI is InChI=1S/C11H19NO6/c1-10(2,3)18-9(15)12-6-7(13)5-11(12,16)8(14)17-4/h7,13,16H,5-6H2,1-4H3/t7-,11+/m1/s1. The lowest BCUT2D eigenvalue weighted by Gasteiger charge is -2.32. The number of carbonyl (C=O) groups is 2. The van der Waals surface area contributed by atoms with Crippen molar-refractivity contribution in [1.29, 1.82) is 0 Å². The second-order valence-corrected chi connectivity index (χ2v) is 5.26. The first-order valence-corrected chi connectivity index (χ1v) is 5.59. The minimum Gasteiger partial charge on any atom is -0.465 e. The minimum absolute atomic E-state index is 0.180. The highest BCUT2D eigenvalue weighted by atomic mass is 16.6. The van der Waals surface area contributed by atoms with Crippen LogP contribution in [0.15, 0.2) is 0 Å². The molecule has 0 unspecified atom stereocenters. The third-order valence-electron chi connectivity index (χ3n) is 2.49. The maximum absolute atomic E-state index is 11.9. The highest BCUT2D eigenvalue weighted by molar-refractivity contribution is 5.84. The third-order valence-corrected chi connectivity index (χ3v) is 2.49. The number of esters is 1. The van der Waals surface area contributed by atoms with Gasteiger partial charge in [0.05, 0.1) is 19.8 Å². The normalized spacial score (nSPS) is 28.1. The van der Waals surface area contributed by atoms with E-state index < -0.39 is 29.5 Å². The molecule has 1 saturated heterocycles. The number of methoxy groups -OCH3 is 1. The van der Waals surface area contributed by atoms with E-state index in [1.807, 2.05) is 0 Å². The molecule has 1 fully saturated rings. The number of hydrogen-bond acceptors (Lipinski definition) is 6. The molecule has 0 saturated carbocycles. The highest BCUT2D eigenvalue weighted by Gasteiger charge is 2.54. The maximum Gasteiger partial charge on any atom is 0.413 e. The molecule has 1 rings (SSSR count). The lowest BCUT2D eigenvalue weighted by Crippen LogP contribution is -2.54. The Kier molecular flexibility index (Phi) is 3.87. The summed E-state index contributed by atoms with van der Waals surface area (Å²) in [5.41, 5.74) is -2.93. The van der Waals surface area contributed by atoms with E-state index in [4.69, 9.17) is 4.74 Å². The van der Waals surface area contributed by atoms with E-state index in [-0.39, 0.29) is 13.0 Å². The maximum atomic E-state index is 11.9. The molecular weight excluding hydrogens is 242 g/mol. The van der Waals surface area contributed by atoms with Gasteiger partial charge in [-0.3, -0.25) is 4.90 Å². The van der Waals surface area contributed by atoms with Crippen LogP contribution in [-0.2, 0) is 14.3 Å². The van der Waals surface area contributed by atoms with Crippen LogP contribution in [0.2, 0.25) is 0 Å². The van der Waals surface area contributed by atoms with Crippen molar-refractivity contribution in [3.05, 3.63) is 0 Å². The van der Waals surface area contributed by atoms with Crippen LogP contribution in [0.25, 0.3) is 0 Å². The van der Waals surface area contributed by atoms with Gasteiger partial charge in [-0.1, -0.05) is 0 Å². The van der Waals surface area contributed by atoms with Crippen molar-refractivity contribution in [3.8, 4) is 0 Å². The van der Waals surface area contributed by atoms with Gasteiger partial charge < -0.3 is 19.7 Å². The Hall–Kier alpha value is -1.34. The molecule has 0 aliphatic carbocycles. The number of ether oxygens (including phenoxy) is 2. The average Bonchev–Trinajstić information content (AvgIpc) is 2.51. The zero-order valence-corrected chi connectivity index (χ0v) is 11.0. The Morgan fingerprint density at radius 2 is 1.94 bits per heavy atom. The van der Waals surface area contributed by atoms with Crippen molar-refractivity contribution < 1.29 is 29.3 Å². The molecule has 1 aliphatic rings. The van der Waals surface area contributed by atoms with Crippen molar-refractivity contribution in [2.45, 2.75) is 44.6 Å². The summed E-state index contributed by atoms with van der Waals surface area (Å²) in [7, 11) is 1.10. The van der Waals surface area contributed by atoms with Gasteiger partial charge in [0, 0.05) is 6.42 Å². The van der Waals surface area contributed by atoms with Crippen LogP contribution in [0.5, 0.6) is 0 Å². The first kappa shape index (κ1) is 14.7. The molecule has 1 heterocycles. The van der Waals surface area contributed by atoms with Gasteiger partial charge >= 0.3 is 12.1 Å². The van der Waals surface area contributed by atoms with Gasteiger partial charge in [0.25, 0.3) is 0 Å². The number of nitrogens with zero attached hydrogens (tertiary/aromatic N) is 1. The number of aliphatic hydroxyl groups excluding tert-OH is 1. The molecule has 7 nitrogen and oxygen atoms in total. The Balaban J connectivity index is 2.92. The number of β-amino-alcohol motifs (C(OH)–C–C–N with tert-alkyl or cyclic N) is 1. The quantitative estimate of drug-likeness (QED) is 0.637. The number of hydrogen-bond donors (Lipinski definition) is 2. The molecule has 1 aliphatic heterocycles. The average molecular weight is 261 g/mol. The van der Waals surface area contributed by atoms with Crippen molar-refractivity contribution in [2.75, 3.05) is 13.7 Å². The van der Waals surface area contributed by atoms with E-state index in [1.165, 1.54) is 0 Å². The van der Waals surface area contributed by atoms with E-state index in [0.29, 0.717) is 0 Å². The molecule has 2 N–H and O–H groups in total. The summed E-state index contributed by atoms with van der Waals surface area (Å²) in [6.07, 6.45) is -2.16. The first-order chi connectivity index (χ1) is 8.10. The van der Waals surface area contributed by atoms with Crippen LogP contribution in [-0.4, -0.2) is 58.3 Å². The van der Waals surface area contributed by atoms with Crippen LogP contribution < -0.4 is 0 Å². The molecule has 7 heteroatoms. The fraction of sp³-hybridized carbons (Fsp3) is 0.818. The molecule has 2 atom stereocenters. The zero-order chi connectivity index (χ0) is 14.1. The number of amides is 1. The predicted molar refractivity (Wildman–Crippen MR) is 60.5 cm³/mol. The summed E-state index contributed by atoms with van der Waals surface area (Å²) >= 11 is 0. The van der Waals surface area contributed by atoms with Crippen molar-refractivity contribution >= 4 is 12.1 Å². The highest BCUT2D eigenvalue weighted by Crippen LogP contribution is 2.30. The molecule has 0 bridgehead atoms. The van der Waals surface area contributed by atoms with Gasteiger partial charge in [-0.05, 0) is 20.8 Å². The van der Waals surface area contributed by atoms with Gasteiger partial charge in [-0.25, -0.2) is 9.59 Å². The second kappa shape index (κ2) is 4.74. The lowest BCUT2D eigenvalue weighted by atomic mass is 10.1. The lowest BCUT2D eigenvalue weighted by molar-refractivity contribution is -0.178. The molecule has 0 aromatic rings. The Morgan fingerprint density at radius 1 is 1.39 bits per heavy atom. The van der Waals surface area contributed by atoms with Gasteiger partial charge in [-0.2, -0.15) is 0 Å². The Labute approximate surface area is 105 Å². The summed E-state index contributed by atoms with van der Waals surface area (Å²) in [4.78, 5) is 24.2. The number of carbonyl (C=O) groups excluding carboxylic acids is 2. The van der Waals surface area contributed by atoms with Crippen LogP contribution in [0.4, 0.5) is 4.79 Å². The van der Waals surface area contributed by atoms with Crippen LogP contribution in [0.1, 0.15) is 27.2 Å². The molecule has 0 aromatic heterocycles. The summed E-state index contributed by atoms with van der Waals surface area (Å²) in [5.74, 6) is -0.995. The predicted octanol–water partition coefficient (Wildman–Crippen LogP) is -0.150. The van der Waals surface area contributed by atoms with Crippen molar-refractivity contribution in [2.24, 2.45) is 0 Å². The third kappa shape index (κ3) is 2.91. The van der Waals surface area contributed by atoms with Crippen LogP contribution in [0, 0.1) is 0 Å². The first-order valence-electron chi connectivity index (χ1n) is 5.59. The van der Waals surface area contributed by atoms with Crippen molar-refractivity contribution in [1.82, 2.24) is 4.90 Å². The summed E-state index contributed by atoms with van der Waals surface area (Å²) in [6, 6.07) is 0. The van der Waals surface area contributed by atoms with Gasteiger partial charge in [0.2, 0.25) is 5.72 Å². The minimum atomic E-state index is -2.17. The largest absolute Gasteiger partial charge is 0.465 e. The fourth-order valence-electron chi connectivity index (χ4n) is 1.76. The van der Waals surface area contributed by atoms with E-state index >= 15 is 0 Å². The SMILES string of the molecule is COC(=O)[C@@]1(O)C[C@@H](O)CN1C(=O)OC(C)(C)C. The number of likely N-dealkylation sites (tertiary alicyclic amines) is 1. The molecule has 0 aromatic carbocycles. The smallest absolute Gasteiger partial charge is 0.413 e. The summed E-state index contributed by atoms with van der Waals surface area (Å²) in [5, 5.41) is 19.7. The monoisotopic (exact) mass is 261 g/mol. The van der Waals surface area contributed by atoms with Gasteiger partial charge in [0.1, 0.15) is 5.60 Å². The fourth-order valence-corrected chi connectivity index (χ4v) is 1.76.